The highest BCUT2D eigenvalue weighted by atomic mass is 32.1. The normalized spacial score (nSPS) is 12.1. The second-order valence-corrected chi connectivity index (χ2v) is 4.99. The van der Waals surface area contributed by atoms with Crippen molar-refractivity contribution >= 4 is 23.2 Å². The van der Waals surface area contributed by atoms with Gasteiger partial charge in [-0.25, -0.2) is 4.68 Å². The number of aromatic nitrogens is 3. The lowest BCUT2D eigenvalue weighted by atomic mass is 10.3. The van der Waals surface area contributed by atoms with Crippen LogP contribution in [0.4, 0.5) is 0 Å². The first kappa shape index (κ1) is 14.2. The highest BCUT2D eigenvalue weighted by Crippen LogP contribution is 2.19. The van der Waals surface area contributed by atoms with Gasteiger partial charge in [-0.15, -0.1) is 16.4 Å². The van der Waals surface area contributed by atoms with E-state index in [9.17, 15) is 14.7 Å². The average molecular weight is 295 g/mol. The van der Waals surface area contributed by atoms with Crippen LogP contribution < -0.4 is 11.1 Å². The first-order chi connectivity index (χ1) is 9.56. The molecule has 0 spiro atoms. The fourth-order valence-corrected chi connectivity index (χ4v) is 2.20. The zero-order chi connectivity index (χ0) is 14.5. The summed E-state index contributed by atoms with van der Waals surface area (Å²) in [4.78, 5) is 22.9. The molecule has 9 heteroatoms. The summed E-state index contributed by atoms with van der Waals surface area (Å²) in [5.74, 6) is -1.18. The number of aliphatic hydroxyl groups excluding tert-OH is 1. The van der Waals surface area contributed by atoms with Crippen LogP contribution in [-0.4, -0.2) is 38.5 Å². The number of primary amides is 1. The molecule has 2 aromatic heterocycles. The van der Waals surface area contributed by atoms with Crippen molar-refractivity contribution in [3.05, 3.63) is 34.3 Å². The van der Waals surface area contributed by atoms with Crippen molar-refractivity contribution in [1.29, 1.82) is 0 Å². The van der Waals surface area contributed by atoms with Crippen molar-refractivity contribution in [3.8, 4) is 0 Å². The van der Waals surface area contributed by atoms with Gasteiger partial charge in [0, 0.05) is 4.88 Å². The monoisotopic (exact) mass is 295 g/mol. The van der Waals surface area contributed by atoms with Crippen molar-refractivity contribution in [2.75, 3.05) is 6.54 Å². The summed E-state index contributed by atoms with van der Waals surface area (Å²) in [5.41, 5.74) is 4.98. The molecule has 1 atom stereocenters. The van der Waals surface area contributed by atoms with Crippen molar-refractivity contribution in [2.45, 2.75) is 12.6 Å². The second-order valence-electron chi connectivity index (χ2n) is 4.01. The van der Waals surface area contributed by atoms with Crippen LogP contribution in [0.5, 0.6) is 0 Å². The Kier molecular flexibility index (Phi) is 4.43. The van der Waals surface area contributed by atoms with Crippen molar-refractivity contribution < 1.29 is 14.7 Å². The molecule has 0 saturated heterocycles. The largest absolute Gasteiger partial charge is 0.386 e. The molecular formula is C11H13N5O3S. The van der Waals surface area contributed by atoms with E-state index in [1.807, 2.05) is 17.5 Å². The summed E-state index contributed by atoms with van der Waals surface area (Å²) in [6.45, 7) is -0.0693. The van der Waals surface area contributed by atoms with Gasteiger partial charge in [0.2, 0.25) is 5.91 Å². The third kappa shape index (κ3) is 3.62. The minimum Gasteiger partial charge on any atom is -0.386 e. The molecule has 2 aromatic rings. The van der Waals surface area contributed by atoms with Crippen molar-refractivity contribution in [3.63, 3.8) is 0 Å². The van der Waals surface area contributed by atoms with Gasteiger partial charge in [-0.2, -0.15) is 0 Å². The van der Waals surface area contributed by atoms with Crippen LogP contribution in [0, 0.1) is 0 Å². The highest BCUT2D eigenvalue weighted by molar-refractivity contribution is 7.10. The number of carbonyl (C=O) groups excluding carboxylic acids is 2. The minimum absolute atomic E-state index is 0.0598. The van der Waals surface area contributed by atoms with E-state index in [2.05, 4.69) is 15.6 Å². The highest BCUT2D eigenvalue weighted by Gasteiger charge is 2.14. The Morgan fingerprint density at radius 2 is 2.35 bits per heavy atom. The van der Waals surface area contributed by atoms with Gasteiger partial charge >= 0.3 is 0 Å². The van der Waals surface area contributed by atoms with Crippen LogP contribution >= 0.6 is 11.3 Å². The zero-order valence-corrected chi connectivity index (χ0v) is 11.2. The van der Waals surface area contributed by atoms with Gasteiger partial charge in [-0.05, 0) is 11.4 Å². The molecule has 0 aliphatic carbocycles. The molecule has 20 heavy (non-hydrogen) atoms. The lowest BCUT2D eigenvalue weighted by Crippen LogP contribution is -2.33. The van der Waals surface area contributed by atoms with Crippen molar-refractivity contribution in [1.82, 2.24) is 20.3 Å². The maximum absolute atomic E-state index is 11.6. The Balaban J connectivity index is 1.95. The molecule has 0 aromatic carbocycles. The van der Waals surface area contributed by atoms with E-state index in [0.29, 0.717) is 0 Å². The molecule has 4 N–H and O–H groups in total. The molecule has 2 rings (SSSR count). The number of hydrogen-bond donors (Lipinski definition) is 3. The Morgan fingerprint density at radius 3 is 3.00 bits per heavy atom. The number of rotatable bonds is 6. The van der Waals surface area contributed by atoms with Gasteiger partial charge in [-0.1, -0.05) is 11.3 Å². The first-order valence-electron chi connectivity index (χ1n) is 5.74. The van der Waals surface area contributed by atoms with Gasteiger partial charge < -0.3 is 16.2 Å². The number of hydrogen-bond acceptors (Lipinski definition) is 6. The van der Waals surface area contributed by atoms with Gasteiger partial charge in [0.05, 0.1) is 19.3 Å². The Bertz CT molecular complexity index is 595. The van der Waals surface area contributed by atoms with Gasteiger partial charge in [0.15, 0.2) is 5.69 Å². The van der Waals surface area contributed by atoms with Gasteiger partial charge in [-0.3, -0.25) is 9.59 Å². The van der Waals surface area contributed by atoms with Crippen LogP contribution in [0.1, 0.15) is 21.5 Å². The fourth-order valence-electron chi connectivity index (χ4n) is 1.50. The molecule has 8 nitrogen and oxygen atoms in total. The quantitative estimate of drug-likeness (QED) is 0.649. The summed E-state index contributed by atoms with van der Waals surface area (Å²) in [6.07, 6.45) is 0.686. The van der Waals surface area contributed by atoms with Crippen LogP contribution in [0.3, 0.4) is 0 Å². The maximum atomic E-state index is 11.6. The average Bonchev–Trinajstić information content (AvgIpc) is 3.06. The van der Waals surface area contributed by atoms with Gasteiger partial charge in [0.1, 0.15) is 6.10 Å². The van der Waals surface area contributed by atoms with E-state index in [4.69, 9.17) is 5.73 Å². The second kappa shape index (κ2) is 6.26. The summed E-state index contributed by atoms with van der Waals surface area (Å²) in [7, 11) is 0. The molecule has 0 bridgehead atoms. The Morgan fingerprint density at radius 1 is 1.55 bits per heavy atom. The summed E-state index contributed by atoms with van der Waals surface area (Å²) >= 11 is 1.43. The SMILES string of the molecule is NC(=O)CNC(=O)c1cn(C[C@H](O)c2cccs2)nn1. The molecule has 2 amide bonds. The molecular weight excluding hydrogens is 282 g/mol. The predicted molar refractivity (Wildman–Crippen MR) is 70.8 cm³/mol. The van der Waals surface area contributed by atoms with E-state index in [0.717, 1.165) is 4.88 Å². The fraction of sp³-hybridized carbons (Fsp3) is 0.273. The van der Waals surface area contributed by atoms with E-state index in [1.165, 1.54) is 22.2 Å². The number of nitrogens with two attached hydrogens (primary N) is 1. The van der Waals surface area contributed by atoms with E-state index < -0.39 is 17.9 Å². The van der Waals surface area contributed by atoms with Crippen molar-refractivity contribution in [2.24, 2.45) is 5.73 Å². The molecule has 0 fully saturated rings. The number of amides is 2. The Hall–Kier alpha value is -2.26. The first-order valence-corrected chi connectivity index (χ1v) is 6.62. The number of nitrogens with zero attached hydrogens (tertiary/aromatic N) is 3. The number of nitrogens with one attached hydrogen (secondary N) is 1. The standard InChI is InChI=1S/C11H13N5O3S/c12-10(18)4-13-11(19)7-5-16(15-14-7)6-8(17)9-2-1-3-20-9/h1-3,5,8,17H,4,6H2,(H2,12,18)(H,13,19)/t8-/m0/s1. The molecule has 0 radical (unpaired) electrons. The molecule has 0 unspecified atom stereocenters. The van der Waals surface area contributed by atoms with Gasteiger partial charge in [0.25, 0.3) is 5.91 Å². The van der Waals surface area contributed by atoms with Crippen LogP contribution in [-0.2, 0) is 11.3 Å². The molecule has 0 aliphatic heterocycles. The van der Waals surface area contributed by atoms with Crippen LogP contribution in [0.2, 0.25) is 0 Å². The third-order valence-electron chi connectivity index (χ3n) is 2.43. The summed E-state index contributed by atoms with van der Waals surface area (Å²) in [6, 6.07) is 3.65. The van der Waals surface area contributed by atoms with Crippen LogP contribution in [0.25, 0.3) is 0 Å². The third-order valence-corrected chi connectivity index (χ3v) is 3.40. The lowest BCUT2D eigenvalue weighted by molar-refractivity contribution is -0.117. The predicted octanol–water partition coefficient (Wildman–Crippen LogP) is -0.712. The molecule has 106 valence electrons. The molecule has 2 heterocycles. The topological polar surface area (TPSA) is 123 Å². The smallest absolute Gasteiger partial charge is 0.273 e. The number of carbonyl (C=O) groups is 2. The van der Waals surface area contributed by atoms with E-state index >= 15 is 0 Å². The molecule has 0 saturated carbocycles. The van der Waals surface area contributed by atoms with E-state index in [-0.39, 0.29) is 18.8 Å². The van der Waals surface area contributed by atoms with Crippen LogP contribution in [0.15, 0.2) is 23.7 Å². The summed E-state index contributed by atoms with van der Waals surface area (Å²) in [5, 5.41) is 21.5. The number of thiophene rings is 1. The van der Waals surface area contributed by atoms with E-state index in [1.54, 1.807) is 0 Å². The minimum atomic E-state index is -0.710. The summed E-state index contributed by atoms with van der Waals surface area (Å²) < 4.78 is 1.36. The maximum Gasteiger partial charge on any atom is 0.273 e. The number of aliphatic hydroxyl groups is 1. The lowest BCUT2D eigenvalue weighted by Gasteiger charge is -2.07. The zero-order valence-electron chi connectivity index (χ0n) is 10.4. The Labute approximate surface area is 118 Å². The molecule has 0 aliphatic rings.